The van der Waals surface area contributed by atoms with E-state index in [9.17, 15) is 4.79 Å². The number of aryl methyl sites for hydroxylation is 1. The van der Waals surface area contributed by atoms with Crippen LogP contribution in [0.2, 0.25) is 0 Å². The second-order valence-corrected chi connectivity index (χ2v) is 6.35. The van der Waals surface area contributed by atoms with E-state index in [1.807, 2.05) is 30.9 Å². The van der Waals surface area contributed by atoms with Crippen molar-refractivity contribution in [2.24, 2.45) is 0 Å². The van der Waals surface area contributed by atoms with Crippen LogP contribution >= 0.6 is 15.9 Å². The minimum Gasteiger partial charge on any atom is -0.353 e. The Kier molecular flexibility index (Phi) is 4.15. The Morgan fingerprint density at radius 2 is 1.95 bits per heavy atom. The number of aromatic nitrogens is 3. The lowest BCUT2D eigenvalue weighted by Gasteiger charge is -2.35. The molecule has 3 heterocycles. The minimum atomic E-state index is 0.00488. The van der Waals surface area contributed by atoms with Crippen LogP contribution in [0.15, 0.2) is 22.8 Å². The molecule has 0 spiro atoms. The first-order valence-electron chi connectivity index (χ1n) is 7.23. The molecule has 0 aromatic carbocycles. The van der Waals surface area contributed by atoms with Crippen molar-refractivity contribution in [1.82, 2.24) is 20.1 Å². The minimum absolute atomic E-state index is 0.00488. The van der Waals surface area contributed by atoms with Crippen molar-refractivity contribution >= 4 is 27.7 Å². The van der Waals surface area contributed by atoms with Gasteiger partial charge in [-0.15, -0.1) is 0 Å². The molecule has 1 N–H and O–H groups in total. The summed E-state index contributed by atoms with van der Waals surface area (Å²) in [5.74, 6) is 0.951. The molecule has 0 saturated carbocycles. The molecule has 0 atom stereocenters. The second kappa shape index (κ2) is 6.08. The summed E-state index contributed by atoms with van der Waals surface area (Å²) in [5, 5.41) is 7.00. The van der Waals surface area contributed by atoms with Crippen molar-refractivity contribution < 1.29 is 4.79 Å². The highest BCUT2D eigenvalue weighted by Gasteiger charge is 2.25. The summed E-state index contributed by atoms with van der Waals surface area (Å²) in [4.78, 5) is 21.0. The highest BCUT2D eigenvalue weighted by Crippen LogP contribution is 2.18. The maximum absolute atomic E-state index is 12.5. The summed E-state index contributed by atoms with van der Waals surface area (Å²) in [6.45, 7) is 6.78. The lowest BCUT2D eigenvalue weighted by atomic mass is 10.2. The summed E-state index contributed by atoms with van der Waals surface area (Å²) >= 11 is 3.39. The van der Waals surface area contributed by atoms with E-state index < -0.39 is 0 Å². The van der Waals surface area contributed by atoms with Gasteiger partial charge in [0.05, 0.1) is 0 Å². The van der Waals surface area contributed by atoms with E-state index in [1.165, 1.54) is 0 Å². The number of nitrogens with one attached hydrogen (secondary N) is 1. The van der Waals surface area contributed by atoms with Crippen molar-refractivity contribution in [2.45, 2.75) is 13.8 Å². The Labute approximate surface area is 137 Å². The number of H-pyrrole nitrogens is 1. The molecule has 1 aliphatic rings. The predicted molar refractivity (Wildman–Crippen MR) is 88.1 cm³/mol. The van der Waals surface area contributed by atoms with E-state index in [0.717, 1.165) is 34.6 Å². The van der Waals surface area contributed by atoms with Crippen LogP contribution in [0.4, 0.5) is 5.82 Å². The van der Waals surface area contributed by atoms with Crippen molar-refractivity contribution in [3.05, 3.63) is 39.8 Å². The fourth-order valence-corrected chi connectivity index (χ4v) is 2.77. The number of rotatable bonds is 2. The molecule has 1 fully saturated rings. The first-order chi connectivity index (χ1) is 10.6. The van der Waals surface area contributed by atoms with E-state index in [1.54, 1.807) is 6.20 Å². The number of hydrogen-bond donors (Lipinski definition) is 1. The number of hydrogen-bond acceptors (Lipinski definition) is 4. The Morgan fingerprint density at radius 1 is 1.23 bits per heavy atom. The molecule has 0 unspecified atom stereocenters. The zero-order valence-corrected chi connectivity index (χ0v) is 14.2. The van der Waals surface area contributed by atoms with E-state index >= 15 is 0 Å². The van der Waals surface area contributed by atoms with Crippen LogP contribution in [-0.2, 0) is 0 Å². The Bertz CT molecular complexity index is 674. The molecule has 0 radical (unpaired) electrons. The van der Waals surface area contributed by atoms with Crippen molar-refractivity contribution in [3.63, 3.8) is 0 Å². The zero-order chi connectivity index (χ0) is 15.7. The van der Waals surface area contributed by atoms with E-state index in [2.05, 4.69) is 36.0 Å². The Morgan fingerprint density at radius 3 is 2.50 bits per heavy atom. The third-order valence-corrected chi connectivity index (χ3v) is 4.53. The van der Waals surface area contributed by atoms with Gasteiger partial charge in [0.2, 0.25) is 0 Å². The van der Waals surface area contributed by atoms with Gasteiger partial charge >= 0.3 is 0 Å². The first-order valence-corrected chi connectivity index (χ1v) is 8.03. The van der Waals surface area contributed by atoms with Crippen LogP contribution in [0.5, 0.6) is 0 Å². The number of aromatic amines is 1. The van der Waals surface area contributed by atoms with Crippen molar-refractivity contribution in [1.29, 1.82) is 0 Å². The van der Waals surface area contributed by atoms with Gasteiger partial charge in [0.15, 0.2) is 5.69 Å². The molecular weight excluding hydrogens is 346 g/mol. The largest absolute Gasteiger partial charge is 0.353 e. The predicted octanol–water partition coefficient (Wildman–Crippen LogP) is 2.15. The van der Waals surface area contributed by atoms with Gasteiger partial charge < -0.3 is 9.80 Å². The van der Waals surface area contributed by atoms with Crippen LogP contribution in [0.1, 0.15) is 21.7 Å². The zero-order valence-electron chi connectivity index (χ0n) is 12.6. The van der Waals surface area contributed by atoms with Crippen molar-refractivity contribution in [3.8, 4) is 0 Å². The van der Waals surface area contributed by atoms with E-state index in [4.69, 9.17) is 0 Å². The van der Waals surface area contributed by atoms with Gasteiger partial charge in [0.25, 0.3) is 5.91 Å². The second-order valence-electron chi connectivity index (χ2n) is 5.44. The fourth-order valence-electron chi connectivity index (χ4n) is 2.54. The lowest BCUT2D eigenvalue weighted by molar-refractivity contribution is 0.0740. The summed E-state index contributed by atoms with van der Waals surface area (Å²) in [7, 11) is 0. The summed E-state index contributed by atoms with van der Waals surface area (Å²) in [6, 6.07) is 3.97. The van der Waals surface area contributed by atoms with Gasteiger partial charge in [-0.1, -0.05) is 0 Å². The smallest absolute Gasteiger partial charge is 0.274 e. The van der Waals surface area contributed by atoms with Gasteiger partial charge in [0, 0.05) is 48.1 Å². The van der Waals surface area contributed by atoms with Crippen LogP contribution in [0, 0.1) is 13.8 Å². The number of pyridine rings is 1. The molecule has 0 bridgehead atoms. The van der Waals surface area contributed by atoms with Crippen molar-refractivity contribution in [2.75, 3.05) is 31.1 Å². The monoisotopic (exact) mass is 363 g/mol. The standard InChI is InChI=1S/C15H18BrN5O/c1-10-11(2)18-19-14(10)15(22)21-7-5-20(6-8-21)13-4-3-12(16)9-17-13/h3-4,9H,5-8H2,1-2H3,(H,18,19). The average Bonchev–Trinajstić information content (AvgIpc) is 2.87. The normalized spacial score (nSPS) is 15.2. The Hall–Kier alpha value is -1.89. The SMILES string of the molecule is Cc1[nH]nc(C(=O)N2CCN(c3ccc(Br)cn3)CC2)c1C. The molecular formula is C15H18BrN5O. The highest BCUT2D eigenvalue weighted by atomic mass is 79.9. The Balaban J connectivity index is 1.65. The molecule has 1 amide bonds. The molecule has 7 heteroatoms. The number of carbonyl (C=O) groups is 1. The third kappa shape index (κ3) is 2.85. The number of carbonyl (C=O) groups excluding carboxylic acids is 1. The molecule has 2 aromatic rings. The highest BCUT2D eigenvalue weighted by molar-refractivity contribution is 9.10. The molecule has 1 saturated heterocycles. The number of halogens is 1. The summed E-state index contributed by atoms with van der Waals surface area (Å²) in [6.07, 6.45) is 1.79. The lowest BCUT2D eigenvalue weighted by Crippen LogP contribution is -2.49. The number of piperazine rings is 1. The van der Waals surface area contributed by atoms with E-state index in [-0.39, 0.29) is 5.91 Å². The van der Waals surface area contributed by atoms with Gasteiger partial charge in [-0.3, -0.25) is 9.89 Å². The van der Waals surface area contributed by atoms with Gasteiger partial charge in [-0.2, -0.15) is 5.10 Å². The quantitative estimate of drug-likeness (QED) is 0.887. The third-order valence-electron chi connectivity index (χ3n) is 4.06. The molecule has 1 aliphatic heterocycles. The number of nitrogens with zero attached hydrogens (tertiary/aromatic N) is 4. The van der Waals surface area contributed by atoms with Gasteiger partial charge in [0.1, 0.15) is 5.82 Å². The number of anilines is 1. The van der Waals surface area contributed by atoms with Crippen LogP contribution in [0.3, 0.4) is 0 Å². The topological polar surface area (TPSA) is 65.1 Å². The molecule has 2 aromatic heterocycles. The molecule has 3 rings (SSSR count). The number of amides is 1. The summed E-state index contributed by atoms with van der Waals surface area (Å²) < 4.78 is 0.967. The first kappa shape index (κ1) is 15.0. The van der Waals surface area contributed by atoms with E-state index in [0.29, 0.717) is 18.8 Å². The van der Waals surface area contributed by atoms with Crippen LogP contribution in [-0.4, -0.2) is 52.2 Å². The average molecular weight is 364 g/mol. The van der Waals surface area contributed by atoms with Crippen LogP contribution in [0.25, 0.3) is 0 Å². The maximum Gasteiger partial charge on any atom is 0.274 e. The molecule has 22 heavy (non-hydrogen) atoms. The maximum atomic E-state index is 12.5. The van der Waals surface area contributed by atoms with Gasteiger partial charge in [-0.25, -0.2) is 4.98 Å². The summed E-state index contributed by atoms with van der Waals surface area (Å²) in [5.41, 5.74) is 2.41. The van der Waals surface area contributed by atoms with Gasteiger partial charge in [-0.05, 0) is 41.9 Å². The fraction of sp³-hybridized carbons (Fsp3) is 0.400. The molecule has 6 nitrogen and oxygen atoms in total. The molecule has 116 valence electrons. The van der Waals surface area contributed by atoms with Crippen LogP contribution < -0.4 is 4.90 Å². The molecule has 0 aliphatic carbocycles.